The summed E-state index contributed by atoms with van der Waals surface area (Å²) in [5, 5.41) is 5.79. The van der Waals surface area contributed by atoms with Crippen LogP contribution in [0.3, 0.4) is 0 Å². The molecule has 33 heavy (non-hydrogen) atoms. The molecule has 0 saturated carbocycles. The molecule has 3 aromatic rings. The number of hydrogen-bond donors (Lipinski definition) is 1. The molecule has 5 nitrogen and oxygen atoms in total. The van der Waals surface area contributed by atoms with E-state index in [1.54, 1.807) is 25.1 Å². The maximum absolute atomic E-state index is 13.3. The summed E-state index contributed by atoms with van der Waals surface area (Å²) in [5.74, 6) is 0.0881. The molecule has 0 aliphatic heterocycles. The summed E-state index contributed by atoms with van der Waals surface area (Å²) in [4.78, 5) is 27.5. The van der Waals surface area contributed by atoms with E-state index >= 15 is 0 Å². The average Bonchev–Trinajstić information content (AvgIpc) is 2.81. The quantitative estimate of drug-likeness (QED) is 0.365. The van der Waals surface area contributed by atoms with Crippen LogP contribution in [-0.4, -0.2) is 35.9 Å². The number of amides is 2. The molecule has 0 radical (unpaired) electrons. The average molecular weight is 487 g/mol. The molecule has 174 valence electrons. The van der Waals surface area contributed by atoms with Crippen molar-refractivity contribution in [2.45, 2.75) is 39.3 Å². The second-order valence-corrected chi connectivity index (χ2v) is 8.69. The van der Waals surface area contributed by atoms with E-state index in [0.717, 1.165) is 23.6 Å². The molecule has 0 aliphatic rings. The summed E-state index contributed by atoms with van der Waals surface area (Å²) in [6.45, 7) is 4.29. The van der Waals surface area contributed by atoms with E-state index in [0.29, 0.717) is 27.9 Å². The van der Waals surface area contributed by atoms with Crippen LogP contribution in [0.25, 0.3) is 10.8 Å². The third kappa shape index (κ3) is 6.62. The van der Waals surface area contributed by atoms with Gasteiger partial charge in [0.1, 0.15) is 11.8 Å². The van der Waals surface area contributed by atoms with Crippen LogP contribution in [0.2, 0.25) is 10.0 Å². The Balaban J connectivity index is 1.79. The Morgan fingerprint density at radius 2 is 1.82 bits per heavy atom. The van der Waals surface area contributed by atoms with E-state index in [-0.39, 0.29) is 25.0 Å². The minimum atomic E-state index is -0.697. The Bertz CT molecular complexity index is 1110. The number of rotatable bonds is 10. The van der Waals surface area contributed by atoms with Crippen LogP contribution in [0.5, 0.6) is 5.75 Å². The molecule has 2 amide bonds. The minimum Gasteiger partial charge on any atom is -0.483 e. The summed E-state index contributed by atoms with van der Waals surface area (Å²) in [5.41, 5.74) is 0.702. The predicted molar refractivity (Wildman–Crippen MR) is 134 cm³/mol. The number of ether oxygens (including phenoxy) is 1. The molecule has 0 saturated heterocycles. The van der Waals surface area contributed by atoms with Gasteiger partial charge in [-0.1, -0.05) is 79.0 Å². The highest BCUT2D eigenvalue weighted by atomic mass is 35.5. The van der Waals surface area contributed by atoms with Crippen molar-refractivity contribution in [3.05, 3.63) is 76.3 Å². The van der Waals surface area contributed by atoms with E-state index in [1.807, 2.05) is 42.5 Å². The number of halogens is 2. The lowest BCUT2D eigenvalue weighted by molar-refractivity contribution is -0.142. The third-order valence-electron chi connectivity index (χ3n) is 5.45. The van der Waals surface area contributed by atoms with Crippen molar-refractivity contribution in [1.82, 2.24) is 10.2 Å². The standard InChI is InChI=1S/C26H28Cl2N2O3/c1-3-4-14-29-26(32)18(2)30(16-20-12-13-21(27)15-23(20)28)25(31)17-33-24-11-7-9-19-8-5-6-10-22(19)24/h5-13,15,18H,3-4,14,16-17H2,1-2H3,(H,29,32)/t18-/m1/s1. The highest BCUT2D eigenvalue weighted by Gasteiger charge is 2.27. The molecule has 0 aromatic heterocycles. The van der Waals surface area contributed by atoms with Gasteiger partial charge in [0.05, 0.1) is 0 Å². The Morgan fingerprint density at radius 3 is 2.58 bits per heavy atom. The zero-order chi connectivity index (χ0) is 23.8. The van der Waals surface area contributed by atoms with Gasteiger partial charge in [0.15, 0.2) is 6.61 Å². The van der Waals surface area contributed by atoms with Crippen molar-refractivity contribution in [3.63, 3.8) is 0 Å². The van der Waals surface area contributed by atoms with Gasteiger partial charge < -0.3 is 15.0 Å². The van der Waals surface area contributed by atoms with Gasteiger partial charge in [-0.15, -0.1) is 0 Å². The molecule has 0 spiro atoms. The van der Waals surface area contributed by atoms with Crippen LogP contribution < -0.4 is 10.1 Å². The van der Waals surface area contributed by atoms with E-state index < -0.39 is 6.04 Å². The lowest BCUT2D eigenvalue weighted by Crippen LogP contribution is -2.49. The predicted octanol–water partition coefficient (Wildman–Crippen LogP) is 5.86. The highest BCUT2D eigenvalue weighted by Crippen LogP contribution is 2.26. The fourth-order valence-electron chi connectivity index (χ4n) is 3.50. The normalized spacial score (nSPS) is 11.8. The molecule has 0 bridgehead atoms. The van der Waals surface area contributed by atoms with Crippen LogP contribution in [0.1, 0.15) is 32.3 Å². The topological polar surface area (TPSA) is 58.6 Å². The van der Waals surface area contributed by atoms with Gasteiger partial charge >= 0.3 is 0 Å². The number of hydrogen-bond acceptors (Lipinski definition) is 3. The molecule has 0 fully saturated rings. The van der Waals surface area contributed by atoms with Gasteiger partial charge in [0.25, 0.3) is 5.91 Å². The van der Waals surface area contributed by atoms with Gasteiger partial charge in [-0.2, -0.15) is 0 Å². The fraction of sp³-hybridized carbons (Fsp3) is 0.308. The number of nitrogens with one attached hydrogen (secondary N) is 1. The van der Waals surface area contributed by atoms with Crippen LogP contribution in [0, 0.1) is 0 Å². The van der Waals surface area contributed by atoms with Crippen LogP contribution in [-0.2, 0) is 16.1 Å². The minimum absolute atomic E-state index is 0.163. The van der Waals surface area contributed by atoms with Gasteiger partial charge in [-0.25, -0.2) is 0 Å². The Kier molecular flexibility index (Phi) is 8.98. The lowest BCUT2D eigenvalue weighted by Gasteiger charge is -2.29. The maximum Gasteiger partial charge on any atom is 0.261 e. The number of benzene rings is 3. The van der Waals surface area contributed by atoms with Gasteiger partial charge in [0, 0.05) is 28.5 Å². The van der Waals surface area contributed by atoms with E-state index in [9.17, 15) is 9.59 Å². The number of unbranched alkanes of at least 4 members (excludes halogenated alkanes) is 1. The molecule has 0 heterocycles. The fourth-order valence-corrected chi connectivity index (χ4v) is 3.96. The molecule has 3 rings (SSSR count). The molecular weight excluding hydrogens is 459 g/mol. The molecule has 0 unspecified atom stereocenters. The van der Waals surface area contributed by atoms with E-state index in [1.165, 1.54) is 4.90 Å². The van der Waals surface area contributed by atoms with Crippen LogP contribution in [0.15, 0.2) is 60.7 Å². The number of nitrogens with zero attached hydrogens (tertiary/aromatic N) is 1. The van der Waals surface area contributed by atoms with Gasteiger partial charge in [0.2, 0.25) is 5.91 Å². The summed E-state index contributed by atoms with van der Waals surface area (Å²) < 4.78 is 5.90. The molecular formula is C26H28Cl2N2O3. The van der Waals surface area contributed by atoms with Crippen molar-refractivity contribution >= 4 is 45.8 Å². The van der Waals surface area contributed by atoms with Crippen molar-refractivity contribution in [2.75, 3.05) is 13.2 Å². The first-order chi connectivity index (χ1) is 15.9. The first-order valence-corrected chi connectivity index (χ1v) is 11.8. The van der Waals surface area contributed by atoms with Crippen LogP contribution in [0.4, 0.5) is 0 Å². The largest absolute Gasteiger partial charge is 0.483 e. The molecule has 3 aromatic carbocycles. The Labute approximate surface area is 204 Å². The molecule has 1 N–H and O–H groups in total. The first-order valence-electron chi connectivity index (χ1n) is 11.0. The SMILES string of the molecule is CCCCNC(=O)[C@@H](C)N(Cc1ccc(Cl)cc1Cl)C(=O)COc1cccc2ccccc12. The molecule has 7 heteroatoms. The molecule has 1 atom stereocenters. The van der Waals surface area contributed by atoms with Crippen LogP contribution >= 0.6 is 23.2 Å². The van der Waals surface area contributed by atoms with E-state index in [4.69, 9.17) is 27.9 Å². The van der Waals surface area contributed by atoms with Crippen molar-refractivity contribution in [3.8, 4) is 5.75 Å². The summed E-state index contributed by atoms with van der Waals surface area (Å²) in [6, 6.07) is 17.9. The van der Waals surface area contributed by atoms with E-state index in [2.05, 4.69) is 12.2 Å². The zero-order valence-corrected chi connectivity index (χ0v) is 20.3. The number of carbonyl (C=O) groups excluding carboxylic acids is 2. The maximum atomic E-state index is 13.3. The number of fused-ring (bicyclic) bond motifs is 1. The highest BCUT2D eigenvalue weighted by molar-refractivity contribution is 6.35. The lowest BCUT2D eigenvalue weighted by atomic mass is 10.1. The first kappa shape index (κ1) is 24.9. The Morgan fingerprint density at radius 1 is 1.06 bits per heavy atom. The van der Waals surface area contributed by atoms with Gasteiger partial charge in [-0.3, -0.25) is 9.59 Å². The number of carbonyl (C=O) groups is 2. The van der Waals surface area contributed by atoms with Gasteiger partial charge in [-0.05, 0) is 42.5 Å². The van der Waals surface area contributed by atoms with Crippen molar-refractivity contribution < 1.29 is 14.3 Å². The summed E-state index contributed by atoms with van der Waals surface area (Å²) >= 11 is 12.4. The Hall–Kier alpha value is -2.76. The third-order valence-corrected chi connectivity index (χ3v) is 6.04. The summed E-state index contributed by atoms with van der Waals surface area (Å²) in [6.07, 6.45) is 1.84. The summed E-state index contributed by atoms with van der Waals surface area (Å²) in [7, 11) is 0. The monoisotopic (exact) mass is 486 g/mol. The smallest absolute Gasteiger partial charge is 0.261 e. The van der Waals surface area contributed by atoms with Crippen molar-refractivity contribution in [1.29, 1.82) is 0 Å². The van der Waals surface area contributed by atoms with Crippen molar-refractivity contribution in [2.24, 2.45) is 0 Å². The second kappa shape index (κ2) is 11.9. The zero-order valence-electron chi connectivity index (χ0n) is 18.8. The second-order valence-electron chi connectivity index (χ2n) is 7.84. The molecule has 0 aliphatic carbocycles.